The standard InChI is InChI=1S/C24H27N.C23H29N.C20H23N.C19H21N.C15H13N/c1-25-22-11-3-2-6-17(22)12-13-20-16-21(14-15-23(20)25)24-18-7-4-8-19(24)10-5-9-18;1-15-16(2)20-13-12-18(17(3)23(4,5)6)14-22(20)24(7)21-11-9-8-10-19(15)21;1-20(2,3)14-16-9-7-11-19-17(16)13-12-15-8-5-6-10-18(15)21(19)4;1-4-6-15-7-5-8-19-17(15)11-10-16-13-14(2)9-12-18(16)20(19)3;1-16-14-8-4-2-6-12(14)10-11-13-7-3-5-9-15(13)16/h2-3,6,11-16,18-19,24H,4-5,7-10H2,1H3;8-14,17H,1-7H3;5-13H,14H2,1-4H3;5,7-13H,4,6H2,1-3H3;2-11H,1H3. The Bertz CT molecular complexity index is 4900. The van der Waals surface area contributed by atoms with Crippen LogP contribution in [0.5, 0.6) is 0 Å². The predicted molar refractivity (Wildman–Crippen MR) is 466 cm³/mol. The van der Waals surface area contributed by atoms with Crippen LogP contribution in [0.25, 0.3) is 59.8 Å². The van der Waals surface area contributed by atoms with Crippen molar-refractivity contribution < 1.29 is 0 Å². The van der Waals surface area contributed by atoms with Gasteiger partial charge in [0.05, 0.1) is 0 Å². The normalized spacial score (nSPS) is 17.1. The monoisotopic (exact) mass is 1400 g/mol. The van der Waals surface area contributed by atoms with E-state index >= 15 is 0 Å². The smallest absolute Gasteiger partial charge is 0.0487 e. The van der Waals surface area contributed by atoms with Gasteiger partial charge in [0.1, 0.15) is 0 Å². The molecule has 17 rings (SSSR count). The third kappa shape index (κ3) is 15.9. The van der Waals surface area contributed by atoms with Crippen LogP contribution in [0, 0.1) is 29.6 Å². The first-order chi connectivity index (χ1) is 51.0. The molecule has 5 nitrogen and oxygen atoms in total. The van der Waals surface area contributed by atoms with Crippen molar-refractivity contribution in [3.8, 4) is 0 Å². The maximum Gasteiger partial charge on any atom is 0.0487 e. The number of nitrogens with zero attached hydrogens (tertiary/aromatic N) is 5. The van der Waals surface area contributed by atoms with Gasteiger partial charge in [0.2, 0.25) is 0 Å². The van der Waals surface area contributed by atoms with Crippen molar-refractivity contribution in [3.05, 3.63) is 296 Å². The van der Waals surface area contributed by atoms with Crippen molar-refractivity contribution in [3.63, 3.8) is 0 Å². The molecule has 1 atom stereocenters. The highest BCUT2D eigenvalue weighted by Crippen LogP contribution is 2.52. The first-order valence-corrected chi connectivity index (χ1v) is 39.2. The van der Waals surface area contributed by atoms with E-state index in [0.29, 0.717) is 11.3 Å². The number of benzene rings is 10. The Kier molecular flexibility index (Phi) is 22.3. The Balaban J connectivity index is 0.000000118. The molecular weight excluding hydrogens is 1280 g/mol. The van der Waals surface area contributed by atoms with Crippen molar-refractivity contribution >= 4 is 117 Å². The fraction of sp³-hybridized carbons (Fsp3) is 0.307. The Morgan fingerprint density at radius 3 is 1.25 bits per heavy atom. The number of hydrogen-bond acceptors (Lipinski definition) is 5. The van der Waals surface area contributed by atoms with E-state index in [-0.39, 0.29) is 5.41 Å². The Hall–Kier alpha value is -10.1. The Morgan fingerprint density at radius 1 is 0.358 bits per heavy atom. The van der Waals surface area contributed by atoms with Gasteiger partial charge in [-0.15, -0.1) is 0 Å². The van der Waals surface area contributed by atoms with Crippen LogP contribution in [0.4, 0.5) is 56.9 Å². The van der Waals surface area contributed by atoms with Gasteiger partial charge in [0.25, 0.3) is 0 Å². The van der Waals surface area contributed by atoms with Crippen LogP contribution in [0.15, 0.2) is 212 Å². The molecule has 5 heterocycles. The number of anilines is 10. The Labute approximate surface area is 636 Å². The number of para-hydroxylation sites is 5. The molecule has 0 spiro atoms. The van der Waals surface area contributed by atoms with E-state index in [1.54, 1.807) is 5.56 Å². The summed E-state index contributed by atoms with van der Waals surface area (Å²) in [6.45, 7) is 25.0. The van der Waals surface area contributed by atoms with Crippen molar-refractivity contribution in [1.29, 1.82) is 0 Å². The minimum atomic E-state index is 0.260. The fourth-order valence-electron chi connectivity index (χ4n) is 17.4. The third-order valence-electron chi connectivity index (χ3n) is 23.7. The number of aryl methyl sites for hydroxylation is 2. The molecule has 0 N–H and O–H groups in total. The van der Waals surface area contributed by atoms with Crippen LogP contribution < -0.4 is 24.5 Å². The van der Waals surface area contributed by atoms with Gasteiger partial charge < -0.3 is 24.5 Å². The molecule has 2 saturated carbocycles. The molecule has 2 aliphatic carbocycles. The topological polar surface area (TPSA) is 16.2 Å². The van der Waals surface area contributed by atoms with Crippen LogP contribution in [0.1, 0.15) is 209 Å². The van der Waals surface area contributed by atoms with Gasteiger partial charge in [0.15, 0.2) is 0 Å². The summed E-state index contributed by atoms with van der Waals surface area (Å²) < 4.78 is 0. The number of allylic oxidation sites excluding steroid dienone is 2. The number of fused-ring (bicyclic) bond motifs is 12. The molecule has 0 radical (unpaired) electrons. The summed E-state index contributed by atoms with van der Waals surface area (Å²) in [5.41, 5.74) is 36.5. The lowest BCUT2D eigenvalue weighted by Gasteiger charge is -2.43. The van der Waals surface area contributed by atoms with Crippen molar-refractivity contribution in [2.45, 2.75) is 146 Å². The summed E-state index contributed by atoms with van der Waals surface area (Å²) in [5, 5.41) is 0. The zero-order chi connectivity index (χ0) is 74.6. The van der Waals surface area contributed by atoms with Crippen LogP contribution in [-0.4, -0.2) is 35.2 Å². The van der Waals surface area contributed by atoms with Gasteiger partial charge in [0, 0.05) is 114 Å². The average Bonchev–Trinajstić information content (AvgIpc) is 1.55. The van der Waals surface area contributed by atoms with Gasteiger partial charge in [-0.2, -0.15) is 0 Å². The molecule has 1 unspecified atom stereocenters. The molecule has 0 amide bonds. The molecule has 0 saturated heterocycles. The van der Waals surface area contributed by atoms with Gasteiger partial charge in [-0.25, -0.2) is 0 Å². The quantitative estimate of drug-likeness (QED) is 0.170. The molecule has 5 heteroatoms. The molecular formula is C101H113N5. The highest BCUT2D eigenvalue weighted by atomic mass is 15.1. The summed E-state index contributed by atoms with van der Waals surface area (Å²) in [7, 11) is 10.8. The number of hydrogen-bond donors (Lipinski definition) is 0. The van der Waals surface area contributed by atoms with E-state index in [4.69, 9.17) is 0 Å². The van der Waals surface area contributed by atoms with E-state index in [0.717, 1.165) is 30.6 Å². The second-order valence-corrected chi connectivity index (χ2v) is 33.0. The van der Waals surface area contributed by atoms with E-state index < -0.39 is 0 Å². The molecule has 5 aliphatic heterocycles. The molecule has 10 aromatic carbocycles. The summed E-state index contributed by atoms with van der Waals surface area (Å²) in [6.07, 6.45) is 30.1. The predicted octanol–water partition coefficient (Wildman–Crippen LogP) is 28.2. The molecule has 542 valence electrons. The first kappa shape index (κ1) is 74.2. The summed E-state index contributed by atoms with van der Waals surface area (Å²) in [4.78, 5) is 11.5. The second-order valence-electron chi connectivity index (χ2n) is 33.0. The maximum atomic E-state index is 2.50. The highest BCUT2D eigenvalue weighted by Gasteiger charge is 2.38. The van der Waals surface area contributed by atoms with Gasteiger partial charge in [-0.3, -0.25) is 0 Å². The maximum absolute atomic E-state index is 2.50. The minimum Gasteiger partial charge on any atom is -0.344 e. The largest absolute Gasteiger partial charge is 0.344 e. The van der Waals surface area contributed by atoms with Gasteiger partial charge in [-0.05, 0) is 233 Å². The number of rotatable bonds is 5. The zero-order valence-electron chi connectivity index (χ0n) is 66.2. The third-order valence-corrected chi connectivity index (χ3v) is 23.7. The highest BCUT2D eigenvalue weighted by molar-refractivity contribution is 6.00. The minimum absolute atomic E-state index is 0.260. The van der Waals surface area contributed by atoms with Crippen LogP contribution in [0.2, 0.25) is 0 Å². The average molecular weight is 1400 g/mol. The molecule has 7 aliphatic rings. The van der Waals surface area contributed by atoms with Crippen LogP contribution >= 0.6 is 0 Å². The summed E-state index contributed by atoms with van der Waals surface area (Å²) in [5.74, 6) is 3.17. The first-order valence-electron chi connectivity index (χ1n) is 39.2. The van der Waals surface area contributed by atoms with Crippen molar-refractivity contribution in [2.24, 2.45) is 22.7 Å². The molecule has 2 bridgehead atoms. The van der Waals surface area contributed by atoms with Crippen LogP contribution in [0.3, 0.4) is 0 Å². The molecule has 10 aromatic rings. The fourth-order valence-corrected chi connectivity index (χ4v) is 17.4. The van der Waals surface area contributed by atoms with E-state index in [1.807, 2.05) is 0 Å². The lowest BCUT2D eigenvalue weighted by atomic mass is 9.62. The SMILES string of the molecule is CC1=C(C)c2ccc(C(C)C(C)(C)C)cc2N(C)c2ccccc21.CCCc1cccc2c1C=Cc1cc(C)ccc1N2C.CN1c2ccccc2C=Cc2c(CC(C)(C)C)cccc21.CN1c2ccccc2C=Cc2cc(C3C4CCCC3CCC4)ccc21.CN1c2ccccc2C=Cc2ccccc21. The lowest BCUT2D eigenvalue weighted by Crippen LogP contribution is -2.30. The zero-order valence-corrected chi connectivity index (χ0v) is 66.2. The van der Waals surface area contributed by atoms with E-state index in [9.17, 15) is 0 Å². The van der Waals surface area contributed by atoms with Gasteiger partial charge in [-0.1, -0.05) is 268 Å². The Morgan fingerprint density at radius 2 is 0.745 bits per heavy atom. The van der Waals surface area contributed by atoms with Crippen LogP contribution in [-0.2, 0) is 12.8 Å². The van der Waals surface area contributed by atoms with Crippen molar-refractivity contribution in [1.82, 2.24) is 0 Å². The van der Waals surface area contributed by atoms with E-state index in [2.05, 4.69) is 397 Å². The van der Waals surface area contributed by atoms with E-state index in [1.165, 1.54) is 191 Å². The lowest BCUT2D eigenvalue weighted by molar-refractivity contribution is 0.149. The summed E-state index contributed by atoms with van der Waals surface area (Å²) >= 11 is 0. The molecule has 106 heavy (non-hydrogen) atoms. The molecule has 0 aromatic heterocycles. The summed E-state index contributed by atoms with van der Waals surface area (Å²) in [6, 6.07) is 77.2. The second kappa shape index (κ2) is 31.9. The van der Waals surface area contributed by atoms with Gasteiger partial charge >= 0.3 is 0 Å². The van der Waals surface area contributed by atoms with Crippen molar-refractivity contribution in [2.75, 3.05) is 59.7 Å². The molecule has 2 fully saturated rings.